The Morgan fingerprint density at radius 1 is 1.04 bits per heavy atom. The Bertz CT molecular complexity index is 950. The van der Waals surface area contributed by atoms with Crippen molar-refractivity contribution in [3.8, 4) is 11.3 Å². The molecule has 1 heterocycles. The number of carbonyl (C=O) groups excluding carboxylic acids is 1. The third-order valence-electron chi connectivity index (χ3n) is 3.41. The van der Waals surface area contributed by atoms with E-state index in [9.17, 15) is 9.59 Å². The van der Waals surface area contributed by atoms with Gasteiger partial charge in [0.2, 0.25) is 0 Å². The normalized spacial score (nSPS) is 10.5. The number of carboxylic acids is 1. The van der Waals surface area contributed by atoms with Crippen molar-refractivity contribution < 1.29 is 19.1 Å². The monoisotopic (exact) mass is 419 g/mol. The van der Waals surface area contributed by atoms with E-state index in [1.54, 1.807) is 12.1 Å². The lowest BCUT2D eigenvalue weighted by Crippen LogP contribution is -2.11. The Hall–Kier alpha value is -2.57. The summed E-state index contributed by atoms with van der Waals surface area (Å²) in [5.41, 5.74) is 1.06. The maximum Gasteiger partial charge on any atom is 0.337 e. The van der Waals surface area contributed by atoms with Gasteiger partial charge in [-0.15, -0.1) is 0 Å². The Balaban J connectivity index is 1.79. The molecule has 0 aliphatic rings. The average molecular weight is 421 g/mol. The third-order valence-corrected chi connectivity index (χ3v) is 4.27. The molecule has 5 nitrogen and oxygen atoms in total. The van der Waals surface area contributed by atoms with Crippen LogP contribution in [0.5, 0.6) is 0 Å². The number of aromatic carboxylic acids is 1. The molecule has 0 unspecified atom stereocenters. The molecule has 3 aromatic rings. The highest BCUT2D eigenvalue weighted by Gasteiger charge is 2.15. The number of benzene rings is 2. The van der Waals surface area contributed by atoms with E-state index in [1.165, 1.54) is 18.2 Å². The van der Waals surface area contributed by atoms with E-state index >= 15 is 0 Å². The molecule has 0 aliphatic carbocycles. The van der Waals surface area contributed by atoms with Gasteiger partial charge in [0.15, 0.2) is 5.76 Å². The van der Waals surface area contributed by atoms with Gasteiger partial charge in [0.05, 0.1) is 10.6 Å². The standard InChI is InChI=1S/C18H11BrClNO4/c19-11-3-1-10(2-4-11)15-7-8-16(25-15)17(22)21-12-5-6-14(20)13(9-12)18(23)24/h1-9H,(H,21,22)(H,23,24). The molecule has 0 atom stereocenters. The highest BCUT2D eigenvalue weighted by atomic mass is 79.9. The smallest absolute Gasteiger partial charge is 0.337 e. The van der Waals surface area contributed by atoms with Crippen LogP contribution in [0.1, 0.15) is 20.9 Å². The van der Waals surface area contributed by atoms with Crippen LogP contribution < -0.4 is 5.32 Å². The first-order chi connectivity index (χ1) is 11.9. The van der Waals surface area contributed by atoms with Gasteiger partial charge < -0.3 is 14.8 Å². The molecule has 0 fully saturated rings. The number of rotatable bonds is 4. The van der Waals surface area contributed by atoms with Crippen LogP contribution in [-0.4, -0.2) is 17.0 Å². The lowest BCUT2D eigenvalue weighted by atomic mass is 10.2. The number of carbonyl (C=O) groups is 2. The van der Waals surface area contributed by atoms with E-state index < -0.39 is 11.9 Å². The van der Waals surface area contributed by atoms with Gasteiger partial charge in [-0.2, -0.15) is 0 Å². The van der Waals surface area contributed by atoms with Gasteiger partial charge in [-0.25, -0.2) is 4.79 Å². The van der Waals surface area contributed by atoms with Gasteiger partial charge in [-0.1, -0.05) is 39.7 Å². The molecule has 0 spiro atoms. The fourth-order valence-electron chi connectivity index (χ4n) is 2.19. The van der Waals surface area contributed by atoms with Crippen LogP contribution in [0.2, 0.25) is 5.02 Å². The van der Waals surface area contributed by atoms with E-state index in [0.717, 1.165) is 10.0 Å². The van der Waals surface area contributed by atoms with Gasteiger partial charge in [0.1, 0.15) is 5.76 Å². The molecule has 25 heavy (non-hydrogen) atoms. The minimum Gasteiger partial charge on any atom is -0.478 e. The molecule has 2 N–H and O–H groups in total. The lowest BCUT2D eigenvalue weighted by Gasteiger charge is -2.06. The van der Waals surface area contributed by atoms with Crippen LogP contribution in [0.3, 0.4) is 0 Å². The highest BCUT2D eigenvalue weighted by molar-refractivity contribution is 9.10. The van der Waals surface area contributed by atoms with Crippen molar-refractivity contribution in [3.63, 3.8) is 0 Å². The predicted octanol–water partition coefficient (Wildman–Crippen LogP) is 5.31. The maximum absolute atomic E-state index is 12.3. The van der Waals surface area contributed by atoms with Crippen LogP contribution in [0.25, 0.3) is 11.3 Å². The second-order valence-corrected chi connectivity index (χ2v) is 6.45. The van der Waals surface area contributed by atoms with Crippen LogP contribution in [0, 0.1) is 0 Å². The minimum absolute atomic E-state index is 0.0885. The first kappa shape index (κ1) is 17.3. The number of amides is 1. The summed E-state index contributed by atoms with van der Waals surface area (Å²) in [6.45, 7) is 0. The van der Waals surface area contributed by atoms with Crippen LogP contribution in [0.15, 0.2) is 63.5 Å². The fourth-order valence-corrected chi connectivity index (χ4v) is 2.65. The second-order valence-electron chi connectivity index (χ2n) is 5.12. The fraction of sp³-hybridized carbons (Fsp3) is 0. The van der Waals surface area contributed by atoms with Crippen molar-refractivity contribution in [2.45, 2.75) is 0 Å². The number of hydrogen-bond donors (Lipinski definition) is 2. The van der Waals surface area contributed by atoms with Gasteiger partial charge in [0, 0.05) is 15.7 Å². The number of nitrogens with one attached hydrogen (secondary N) is 1. The summed E-state index contributed by atoms with van der Waals surface area (Å²) in [4.78, 5) is 23.4. The van der Waals surface area contributed by atoms with E-state index in [1.807, 2.05) is 24.3 Å². The van der Waals surface area contributed by atoms with Crippen molar-refractivity contribution in [2.24, 2.45) is 0 Å². The quantitative estimate of drug-likeness (QED) is 0.599. The van der Waals surface area contributed by atoms with E-state index in [2.05, 4.69) is 21.2 Å². The van der Waals surface area contributed by atoms with Crippen molar-refractivity contribution in [3.05, 3.63) is 75.4 Å². The van der Waals surface area contributed by atoms with Crippen molar-refractivity contribution in [1.82, 2.24) is 0 Å². The molecule has 3 rings (SSSR count). The maximum atomic E-state index is 12.3. The summed E-state index contributed by atoms with van der Waals surface area (Å²) in [5.74, 6) is -0.983. The van der Waals surface area contributed by atoms with Gasteiger partial charge in [0.25, 0.3) is 5.91 Å². The number of hydrogen-bond acceptors (Lipinski definition) is 3. The molecular weight excluding hydrogens is 410 g/mol. The molecular formula is C18H11BrClNO4. The second kappa shape index (κ2) is 7.13. The highest BCUT2D eigenvalue weighted by Crippen LogP contribution is 2.25. The van der Waals surface area contributed by atoms with E-state index in [0.29, 0.717) is 11.4 Å². The van der Waals surface area contributed by atoms with Gasteiger partial charge >= 0.3 is 5.97 Å². The number of anilines is 1. The summed E-state index contributed by atoms with van der Waals surface area (Å²) in [6, 6.07) is 15.0. The Morgan fingerprint density at radius 2 is 1.76 bits per heavy atom. The first-order valence-electron chi connectivity index (χ1n) is 7.14. The molecule has 126 valence electrons. The minimum atomic E-state index is -1.17. The summed E-state index contributed by atoms with van der Waals surface area (Å²) in [7, 11) is 0. The van der Waals surface area contributed by atoms with Gasteiger partial charge in [-0.3, -0.25) is 4.79 Å². The molecule has 1 aromatic heterocycles. The van der Waals surface area contributed by atoms with Crippen molar-refractivity contribution in [2.75, 3.05) is 5.32 Å². The Morgan fingerprint density at radius 3 is 2.44 bits per heavy atom. The number of carboxylic acid groups (broad SMARTS) is 1. The summed E-state index contributed by atoms with van der Waals surface area (Å²) in [5, 5.41) is 11.8. The predicted molar refractivity (Wildman–Crippen MR) is 98.2 cm³/mol. The van der Waals surface area contributed by atoms with Gasteiger partial charge in [-0.05, 0) is 42.5 Å². The molecule has 0 saturated heterocycles. The van der Waals surface area contributed by atoms with Crippen molar-refractivity contribution >= 4 is 45.1 Å². The zero-order chi connectivity index (χ0) is 18.0. The molecule has 7 heteroatoms. The largest absolute Gasteiger partial charge is 0.478 e. The third kappa shape index (κ3) is 3.92. The topological polar surface area (TPSA) is 79.5 Å². The lowest BCUT2D eigenvalue weighted by molar-refractivity contribution is 0.0696. The van der Waals surface area contributed by atoms with E-state index in [4.69, 9.17) is 21.1 Å². The number of halogens is 2. The molecule has 0 radical (unpaired) electrons. The zero-order valence-electron chi connectivity index (χ0n) is 12.6. The first-order valence-corrected chi connectivity index (χ1v) is 8.31. The van der Waals surface area contributed by atoms with Crippen LogP contribution >= 0.6 is 27.5 Å². The van der Waals surface area contributed by atoms with Crippen LogP contribution in [-0.2, 0) is 0 Å². The number of furan rings is 1. The van der Waals surface area contributed by atoms with Crippen LogP contribution in [0.4, 0.5) is 5.69 Å². The summed E-state index contributed by atoms with van der Waals surface area (Å²) in [6.07, 6.45) is 0. The average Bonchev–Trinajstić information content (AvgIpc) is 3.07. The summed E-state index contributed by atoms with van der Waals surface area (Å²) >= 11 is 9.17. The van der Waals surface area contributed by atoms with E-state index in [-0.39, 0.29) is 16.3 Å². The molecule has 1 amide bonds. The Labute approximate surface area is 156 Å². The molecule has 0 bridgehead atoms. The Kier molecular flexibility index (Phi) is 4.92. The SMILES string of the molecule is O=C(Nc1ccc(Cl)c(C(=O)O)c1)c1ccc(-c2ccc(Br)cc2)o1. The molecule has 0 saturated carbocycles. The molecule has 2 aromatic carbocycles. The zero-order valence-corrected chi connectivity index (χ0v) is 15.0. The molecule has 0 aliphatic heterocycles. The summed E-state index contributed by atoms with van der Waals surface area (Å²) < 4.78 is 6.52. The van der Waals surface area contributed by atoms with Crippen molar-refractivity contribution in [1.29, 1.82) is 0 Å².